The Labute approximate surface area is 133 Å². The maximum Gasteiger partial charge on any atom is 0.300 e. The summed E-state index contributed by atoms with van der Waals surface area (Å²) in [5.74, 6) is -0.833. The van der Waals surface area contributed by atoms with E-state index < -0.39 is 5.97 Å². The molecule has 0 unspecified atom stereocenters. The van der Waals surface area contributed by atoms with Gasteiger partial charge in [-0.25, -0.2) is 0 Å². The number of hydrogen-bond donors (Lipinski definition) is 1. The molecule has 3 heteroatoms. The van der Waals surface area contributed by atoms with Gasteiger partial charge in [-0.2, -0.15) is 0 Å². The average Bonchev–Trinajstić information content (AvgIpc) is 2.39. The molecule has 0 aliphatic carbocycles. The zero-order valence-electron chi connectivity index (χ0n) is 15.0. The predicted molar refractivity (Wildman–Crippen MR) is 92.9 cm³/mol. The van der Waals surface area contributed by atoms with E-state index in [9.17, 15) is 0 Å². The van der Waals surface area contributed by atoms with Crippen LogP contribution in [0.2, 0.25) is 0 Å². The largest absolute Gasteiger partial charge is 0.481 e. The minimum atomic E-state index is -0.833. The molecule has 0 radical (unpaired) electrons. The van der Waals surface area contributed by atoms with Gasteiger partial charge in [0.1, 0.15) is 0 Å². The van der Waals surface area contributed by atoms with E-state index in [1.54, 1.807) is 0 Å². The fourth-order valence-electron chi connectivity index (χ4n) is 2.27. The van der Waals surface area contributed by atoms with Gasteiger partial charge < -0.3 is 10.0 Å². The number of aliphatic carboxylic acids is 1. The summed E-state index contributed by atoms with van der Waals surface area (Å²) >= 11 is 0. The fraction of sp³-hybridized carbons (Fsp3) is 0.944. The lowest BCUT2D eigenvalue weighted by Gasteiger charge is -2.08. The van der Waals surface area contributed by atoms with Crippen molar-refractivity contribution < 1.29 is 9.90 Å². The van der Waals surface area contributed by atoms with E-state index in [1.165, 1.54) is 83.6 Å². The Morgan fingerprint density at radius 3 is 1.33 bits per heavy atom. The Kier molecular flexibility index (Phi) is 21.0. The second-order valence-corrected chi connectivity index (χ2v) is 6.21. The molecule has 1 N–H and O–H groups in total. The molecule has 0 fully saturated rings. The lowest BCUT2D eigenvalue weighted by Crippen LogP contribution is -2.12. The first-order valence-electron chi connectivity index (χ1n) is 8.85. The summed E-state index contributed by atoms with van der Waals surface area (Å²) < 4.78 is 0. The SMILES string of the molecule is CC(=O)O.CCCCCCCCCCCCCCN(C)C. The van der Waals surface area contributed by atoms with E-state index in [2.05, 4.69) is 25.9 Å². The van der Waals surface area contributed by atoms with Crippen LogP contribution in [-0.2, 0) is 4.79 Å². The second kappa shape index (κ2) is 19.4. The molecule has 0 amide bonds. The van der Waals surface area contributed by atoms with Crippen LogP contribution in [0.5, 0.6) is 0 Å². The van der Waals surface area contributed by atoms with Gasteiger partial charge in [0, 0.05) is 6.92 Å². The zero-order valence-corrected chi connectivity index (χ0v) is 15.0. The van der Waals surface area contributed by atoms with E-state index in [0.717, 1.165) is 6.92 Å². The Morgan fingerprint density at radius 2 is 1.05 bits per heavy atom. The van der Waals surface area contributed by atoms with Crippen LogP contribution in [0.1, 0.15) is 90.9 Å². The van der Waals surface area contributed by atoms with Crippen molar-refractivity contribution in [1.82, 2.24) is 4.90 Å². The summed E-state index contributed by atoms with van der Waals surface area (Å²) in [6, 6.07) is 0. The van der Waals surface area contributed by atoms with Gasteiger partial charge in [0.25, 0.3) is 5.97 Å². The number of hydrogen-bond acceptors (Lipinski definition) is 2. The van der Waals surface area contributed by atoms with Crippen LogP contribution in [0.3, 0.4) is 0 Å². The van der Waals surface area contributed by atoms with Gasteiger partial charge in [0.2, 0.25) is 0 Å². The normalized spacial score (nSPS) is 10.3. The summed E-state index contributed by atoms with van der Waals surface area (Å²) in [6.07, 6.45) is 17.3. The van der Waals surface area contributed by atoms with E-state index in [1.807, 2.05) is 0 Å². The third kappa shape index (κ3) is 32.7. The summed E-state index contributed by atoms with van der Waals surface area (Å²) in [6.45, 7) is 4.63. The summed E-state index contributed by atoms with van der Waals surface area (Å²) in [7, 11) is 4.33. The monoisotopic (exact) mass is 301 g/mol. The van der Waals surface area contributed by atoms with Crippen LogP contribution in [0.15, 0.2) is 0 Å². The molecule has 0 saturated heterocycles. The van der Waals surface area contributed by atoms with Crippen LogP contribution in [-0.4, -0.2) is 36.6 Å². The zero-order chi connectivity index (χ0) is 16.3. The molecule has 0 aliphatic rings. The number of carboxylic acid groups (broad SMARTS) is 1. The highest BCUT2D eigenvalue weighted by atomic mass is 16.4. The quantitative estimate of drug-likeness (QED) is 0.467. The van der Waals surface area contributed by atoms with Gasteiger partial charge >= 0.3 is 0 Å². The van der Waals surface area contributed by atoms with Crippen molar-refractivity contribution >= 4 is 5.97 Å². The van der Waals surface area contributed by atoms with Gasteiger partial charge in [-0.3, -0.25) is 4.79 Å². The van der Waals surface area contributed by atoms with Crippen molar-refractivity contribution in [2.24, 2.45) is 0 Å². The van der Waals surface area contributed by atoms with Gasteiger partial charge in [0.05, 0.1) is 0 Å². The molecule has 0 aromatic carbocycles. The van der Waals surface area contributed by atoms with Gasteiger partial charge in [-0.05, 0) is 27.1 Å². The Bertz CT molecular complexity index is 201. The van der Waals surface area contributed by atoms with E-state index in [4.69, 9.17) is 9.90 Å². The van der Waals surface area contributed by atoms with Crippen molar-refractivity contribution in [3.63, 3.8) is 0 Å². The molecule has 0 aromatic rings. The molecular weight excluding hydrogens is 262 g/mol. The molecule has 3 nitrogen and oxygen atoms in total. The van der Waals surface area contributed by atoms with E-state index >= 15 is 0 Å². The van der Waals surface area contributed by atoms with Crippen LogP contribution in [0.25, 0.3) is 0 Å². The molecule has 0 aliphatic heterocycles. The van der Waals surface area contributed by atoms with E-state index in [-0.39, 0.29) is 0 Å². The number of rotatable bonds is 13. The topological polar surface area (TPSA) is 40.5 Å². The van der Waals surface area contributed by atoms with Crippen LogP contribution in [0, 0.1) is 0 Å². The van der Waals surface area contributed by atoms with Gasteiger partial charge in [-0.1, -0.05) is 77.6 Å². The molecular formula is C18H39NO2. The number of carbonyl (C=O) groups is 1. The third-order valence-corrected chi connectivity index (χ3v) is 3.46. The van der Waals surface area contributed by atoms with Crippen molar-refractivity contribution in [1.29, 1.82) is 0 Å². The molecule has 0 heterocycles. The molecule has 0 spiro atoms. The number of unbranched alkanes of at least 4 members (excludes halogenated alkanes) is 11. The number of nitrogens with zero attached hydrogens (tertiary/aromatic N) is 1. The van der Waals surface area contributed by atoms with Crippen molar-refractivity contribution in [2.75, 3.05) is 20.6 Å². The van der Waals surface area contributed by atoms with Crippen molar-refractivity contribution in [3.8, 4) is 0 Å². The molecule has 0 bridgehead atoms. The summed E-state index contributed by atoms with van der Waals surface area (Å²) in [5.41, 5.74) is 0. The first kappa shape index (κ1) is 22.7. The molecule has 21 heavy (non-hydrogen) atoms. The minimum absolute atomic E-state index is 0.833. The molecule has 128 valence electrons. The molecule has 0 saturated carbocycles. The second-order valence-electron chi connectivity index (χ2n) is 6.21. The average molecular weight is 302 g/mol. The lowest BCUT2D eigenvalue weighted by molar-refractivity contribution is -0.134. The van der Waals surface area contributed by atoms with Crippen molar-refractivity contribution in [2.45, 2.75) is 90.9 Å². The first-order chi connectivity index (χ1) is 10.0. The highest BCUT2D eigenvalue weighted by Crippen LogP contribution is 2.11. The van der Waals surface area contributed by atoms with Crippen LogP contribution >= 0.6 is 0 Å². The van der Waals surface area contributed by atoms with Crippen LogP contribution in [0.4, 0.5) is 0 Å². The third-order valence-electron chi connectivity index (χ3n) is 3.46. The number of carboxylic acids is 1. The Balaban J connectivity index is 0. The summed E-state index contributed by atoms with van der Waals surface area (Å²) in [5, 5.41) is 7.42. The van der Waals surface area contributed by atoms with Crippen LogP contribution < -0.4 is 0 Å². The maximum absolute atomic E-state index is 9.00. The minimum Gasteiger partial charge on any atom is -0.481 e. The Hall–Kier alpha value is -0.570. The molecule has 0 rings (SSSR count). The lowest BCUT2D eigenvalue weighted by atomic mass is 10.1. The standard InChI is InChI=1S/C16H35N.C2H4O2/c1-4-5-6-7-8-9-10-11-12-13-14-15-16-17(2)3;1-2(3)4/h4-16H2,1-3H3;1H3,(H,3,4). The molecule has 0 atom stereocenters. The summed E-state index contributed by atoms with van der Waals surface area (Å²) in [4.78, 5) is 11.3. The van der Waals surface area contributed by atoms with Crippen molar-refractivity contribution in [3.05, 3.63) is 0 Å². The highest BCUT2D eigenvalue weighted by Gasteiger charge is 1.94. The highest BCUT2D eigenvalue weighted by molar-refractivity contribution is 5.62. The van der Waals surface area contributed by atoms with Gasteiger partial charge in [-0.15, -0.1) is 0 Å². The maximum atomic E-state index is 9.00. The first-order valence-corrected chi connectivity index (χ1v) is 8.85. The van der Waals surface area contributed by atoms with E-state index in [0.29, 0.717) is 0 Å². The fourth-order valence-corrected chi connectivity index (χ4v) is 2.27. The van der Waals surface area contributed by atoms with Gasteiger partial charge in [0.15, 0.2) is 0 Å². The Morgan fingerprint density at radius 1 is 0.762 bits per heavy atom. The molecule has 0 aromatic heterocycles. The predicted octanol–water partition coefficient (Wildman–Crippen LogP) is 5.34. The smallest absolute Gasteiger partial charge is 0.300 e.